The van der Waals surface area contributed by atoms with E-state index in [0.717, 1.165) is 30.8 Å². The number of amides is 1. The lowest BCUT2D eigenvalue weighted by molar-refractivity contribution is -0.136. The number of benzene rings is 1. The van der Waals surface area contributed by atoms with Gasteiger partial charge in [0.05, 0.1) is 0 Å². The van der Waals surface area contributed by atoms with Crippen LogP contribution in [0, 0.1) is 0 Å². The van der Waals surface area contributed by atoms with Crippen molar-refractivity contribution in [2.45, 2.75) is 38.2 Å². The molecule has 2 heterocycles. The summed E-state index contributed by atoms with van der Waals surface area (Å²) in [6.45, 7) is 4.28. The van der Waals surface area contributed by atoms with Crippen molar-refractivity contribution in [3.05, 3.63) is 28.8 Å². The van der Waals surface area contributed by atoms with E-state index in [0.29, 0.717) is 11.4 Å². The van der Waals surface area contributed by atoms with E-state index in [1.165, 1.54) is 32.4 Å². The van der Waals surface area contributed by atoms with Crippen LogP contribution >= 0.6 is 11.6 Å². The maximum Gasteiger partial charge on any atom is 0.263 e. The van der Waals surface area contributed by atoms with Crippen LogP contribution in [0.5, 0.6) is 5.75 Å². The molecule has 3 rings (SSSR count). The molecule has 2 aliphatic heterocycles. The van der Waals surface area contributed by atoms with Crippen LogP contribution in [0.2, 0.25) is 5.02 Å². The number of hydrogen-bond acceptors (Lipinski definition) is 3. The topological polar surface area (TPSA) is 32.8 Å². The van der Waals surface area contributed by atoms with Crippen molar-refractivity contribution in [3.63, 3.8) is 0 Å². The summed E-state index contributed by atoms with van der Waals surface area (Å²) >= 11 is 6.00. The quantitative estimate of drug-likeness (QED) is 0.828. The summed E-state index contributed by atoms with van der Waals surface area (Å²) in [6, 6.07) is 5.54. The van der Waals surface area contributed by atoms with Gasteiger partial charge in [-0.05, 0) is 62.7 Å². The zero-order valence-corrected chi connectivity index (χ0v) is 14.5. The Morgan fingerprint density at radius 2 is 2.13 bits per heavy atom. The third kappa shape index (κ3) is 4.18. The molecule has 0 spiro atoms. The number of fused-ring (bicyclic) bond motifs is 1. The third-order valence-electron chi connectivity index (χ3n) is 4.77. The number of carbonyl (C=O) groups is 1. The van der Waals surface area contributed by atoms with Gasteiger partial charge in [-0.25, -0.2) is 0 Å². The fraction of sp³-hybridized carbons (Fsp3) is 0.611. The molecule has 0 saturated carbocycles. The van der Waals surface area contributed by atoms with E-state index in [1.807, 2.05) is 24.1 Å². The number of likely N-dealkylation sites (tertiary alicyclic amines) is 1. The molecule has 0 aliphatic carbocycles. The van der Waals surface area contributed by atoms with Gasteiger partial charge in [-0.15, -0.1) is 0 Å². The molecule has 1 atom stereocenters. The molecule has 4 nitrogen and oxygen atoms in total. The van der Waals surface area contributed by atoms with Crippen LogP contribution in [-0.4, -0.2) is 55.0 Å². The van der Waals surface area contributed by atoms with Crippen LogP contribution in [0.4, 0.5) is 0 Å². The SMILES string of the molecule is CN(CCCN1CCCCC1)C(=O)[C@H]1Cc2cc(Cl)ccc2O1. The average Bonchev–Trinajstić information content (AvgIpc) is 2.98. The fourth-order valence-corrected chi connectivity index (χ4v) is 3.62. The molecule has 1 aromatic carbocycles. The number of hydrogen-bond donors (Lipinski definition) is 0. The van der Waals surface area contributed by atoms with E-state index in [9.17, 15) is 4.79 Å². The van der Waals surface area contributed by atoms with Gasteiger partial charge in [0.15, 0.2) is 6.10 Å². The first-order chi connectivity index (χ1) is 11.1. The molecule has 2 aliphatic rings. The second-order valence-corrected chi connectivity index (χ2v) is 7.01. The largest absolute Gasteiger partial charge is 0.480 e. The molecule has 0 unspecified atom stereocenters. The summed E-state index contributed by atoms with van der Waals surface area (Å²) in [7, 11) is 1.87. The maximum atomic E-state index is 12.5. The van der Waals surface area contributed by atoms with Crippen molar-refractivity contribution in [1.82, 2.24) is 9.80 Å². The highest BCUT2D eigenvalue weighted by atomic mass is 35.5. The summed E-state index contributed by atoms with van der Waals surface area (Å²) in [5, 5.41) is 0.690. The van der Waals surface area contributed by atoms with Crippen LogP contribution in [0.25, 0.3) is 0 Å². The van der Waals surface area contributed by atoms with E-state index in [-0.39, 0.29) is 5.91 Å². The first kappa shape index (κ1) is 16.6. The van der Waals surface area contributed by atoms with E-state index in [1.54, 1.807) is 6.07 Å². The summed E-state index contributed by atoms with van der Waals surface area (Å²) in [5.41, 5.74) is 1.03. The smallest absolute Gasteiger partial charge is 0.263 e. The van der Waals surface area contributed by atoms with Crippen LogP contribution in [-0.2, 0) is 11.2 Å². The number of ether oxygens (including phenoxy) is 1. The lowest BCUT2D eigenvalue weighted by Gasteiger charge is -2.27. The minimum absolute atomic E-state index is 0.0657. The summed E-state index contributed by atoms with van der Waals surface area (Å²) in [4.78, 5) is 16.8. The Morgan fingerprint density at radius 1 is 1.35 bits per heavy atom. The van der Waals surface area contributed by atoms with E-state index in [2.05, 4.69) is 4.90 Å². The molecule has 0 radical (unpaired) electrons. The van der Waals surface area contributed by atoms with Gasteiger partial charge in [-0.1, -0.05) is 18.0 Å². The van der Waals surface area contributed by atoms with Crippen LogP contribution in [0.15, 0.2) is 18.2 Å². The van der Waals surface area contributed by atoms with Gasteiger partial charge in [-0.3, -0.25) is 4.79 Å². The number of halogens is 1. The van der Waals surface area contributed by atoms with E-state index < -0.39 is 6.10 Å². The molecule has 0 bridgehead atoms. The van der Waals surface area contributed by atoms with Gasteiger partial charge < -0.3 is 14.5 Å². The Kier molecular flexibility index (Phi) is 5.44. The molecule has 1 amide bonds. The summed E-state index contributed by atoms with van der Waals surface area (Å²) in [6.07, 6.45) is 5.22. The molecule has 5 heteroatoms. The highest BCUT2D eigenvalue weighted by Gasteiger charge is 2.31. The number of nitrogens with zero attached hydrogens (tertiary/aromatic N) is 2. The van der Waals surface area contributed by atoms with Crippen molar-refractivity contribution in [3.8, 4) is 5.75 Å². The molecular formula is C18H25ClN2O2. The van der Waals surface area contributed by atoms with Crippen molar-refractivity contribution in [1.29, 1.82) is 0 Å². The Hall–Kier alpha value is -1.26. The molecule has 1 fully saturated rings. The summed E-state index contributed by atoms with van der Waals surface area (Å²) in [5.74, 6) is 0.852. The average molecular weight is 337 g/mol. The van der Waals surface area contributed by atoms with Crippen molar-refractivity contribution in [2.75, 3.05) is 33.2 Å². The third-order valence-corrected chi connectivity index (χ3v) is 5.00. The van der Waals surface area contributed by atoms with Gasteiger partial charge in [0.1, 0.15) is 5.75 Å². The minimum Gasteiger partial charge on any atom is -0.480 e. The van der Waals surface area contributed by atoms with Crippen molar-refractivity contribution < 1.29 is 9.53 Å². The monoisotopic (exact) mass is 336 g/mol. The Balaban J connectivity index is 1.45. The fourth-order valence-electron chi connectivity index (χ4n) is 3.43. The number of likely N-dealkylation sites (N-methyl/N-ethyl adjacent to an activating group) is 1. The first-order valence-corrected chi connectivity index (χ1v) is 8.94. The normalized spacial score (nSPS) is 20.9. The van der Waals surface area contributed by atoms with Crippen molar-refractivity contribution >= 4 is 17.5 Å². The first-order valence-electron chi connectivity index (χ1n) is 8.56. The van der Waals surface area contributed by atoms with E-state index >= 15 is 0 Å². The highest BCUT2D eigenvalue weighted by molar-refractivity contribution is 6.30. The van der Waals surface area contributed by atoms with Gasteiger partial charge in [0.25, 0.3) is 5.91 Å². The highest BCUT2D eigenvalue weighted by Crippen LogP contribution is 2.31. The number of carbonyl (C=O) groups excluding carboxylic acids is 1. The van der Waals surface area contributed by atoms with E-state index in [4.69, 9.17) is 16.3 Å². The molecule has 0 N–H and O–H groups in total. The zero-order valence-electron chi connectivity index (χ0n) is 13.8. The Morgan fingerprint density at radius 3 is 2.91 bits per heavy atom. The molecule has 126 valence electrons. The van der Waals surface area contributed by atoms with Crippen LogP contribution in [0.1, 0.15) is 31.2 Å². The zero-order chi connectivity index (χ0) is 16.2. The van der Waals surface area contributed by atoms with Gasteiger partial charge >= 0.3 is 0 Å². The van der Waals surface area contributed by atoms with Crippen molar-refractivity contribution in [2.24, 2.45) is 0 Å². The lowest BCUT2D eigenvalue weighted by atomic mass is 10.1. The molecule has 1 saturated heterocycles. The predicted molar refractivity (Wildman–Crippen MR) is 92.1 cm³/mol. The van der Waals surface area contributed by atoms with Gasteiger partial charge in [-0.2, -0.15) is 0 Å². The molecule has 1 aromatic rings. The molecule has 0 aromatic heterocycles. The van der Waals surface area contributed by atoms with Gasteiger partial charge in [0.2, 0.25) is 0 Å². The second-order valence-electron chi connectivity index (χ2n) is 6.58. The van der Waals surface area contributed by atoms with Crippen LogP contribution < -0.4 is 4.74 Å². The summed E-state index contributed by atoms with van der Waals surface area (Å²) < 4.78 is 5.78. The number of piperidine rings is 1. The Labute approximate surface area is 143 Å². The Bertz CT molecular complexity index is 558. The lowest BCUT2D eigenvalue weighted by Crippen LogP contribution is -2.40. The standard InChI is InChI=1S/C18H25ClN2O2/c1-20(8-5-11-21-9-3-2-4-10-21)18(22)17-13-14-12-15(19)6-7-16(14)23-17/h6-7,12,17H,2-5,8-11,13H2,1H3/t17-/m1/s1. The minimum atomic E-state index is -0.400. The van der Waals surface area contributed by atoms with Gasteiger partial charge in [0, 0.05) is 25.0 Å². The predicted octanol–water partition coefficient (Wildman–Crippen LogP) is 2.98. The second kappa shape index (κ2) is 7.54. The molecule has 23 heavy (non-hydrogen) atoms. The maximum absolute atomic E-state index is 12.5. The number of rotatable bonds is 5. The molecular weight excluding hydrogens is 312 g/mol. The van der Waals surface area contributed by atoms with Crippen LogP contribution in [0.3, 0.4) is 0 Å².